The zero-order chi connectivity index (χ0) is 19.0. The van der Waals surface area contributed by atoms with Crippen LogP contribution in [-0.2, 0) is 9.53 Å². The lowest BCUT2D eigenvalue weighted by Gasteiger charge is -2.10. The van der Waals surface area contributed by atoms with Gasteiger partial charge in [-0.25, -0.2) is 14.2 Å². The number of ether oxygens (including phenoxy) is 1. The highest BCUT2D eigenvalue weighted by molar-refractivity contribution is 6.40. The van der Waals surface area contributed by atoms with Gasteiger partial charge in [-0.05, 0) is 37.6 Å². The van der Waals surface area contributed by atoms with Crippen LogP contribution in [0.3, 0.4) is 0 Å². The van der Waals surface area contributed by atoms with Gasteiger partial charge in [0.15, 0.2) is 11.6 Å². The van der Waals surface area contributed by atoms with Crippen molar-refractivity contribution in [1.82, 2.24) is 0 Å². The summed E-state index contributed by atoms with van der Waals surface area (Å²) in [6.07, 6.45) is 3.84. The average molecular weight is 349 g/mol. The Labute approximate surface area is 143 Å². The fourth-order valence-corrected chi connectivity index (χ4v) is 1.75. The molecule has 5 N–H and O–H groups in total. The molecule has 1 aromatic rings. The highest BCUT2D eigenvalue weighted by Gasteiger charge is 2.10. The van der Waals surface area contributed by atoms with E-state index < -0.39 is 17.5 Å². The van der Waals surface area contributed by atoms with Crippen LogP contribution in [0.2, 0.25) is 0 Å². The summed E-state index contributed by atoms with van der Waals surface area (Å²) >= 11 is 0. The molecule has 6 nitrogen and oxygen atoms in total. The molecule has 0 radical (unpaired) electrons. The van der Waals surface area contributed by atoms with Gasteiger partial charge >= 0.3 is 5.91 Å². The van der Waals surface area contributed by atoms with E-state index in [1.54, 1.807) is 13.8 Å². The Balaban J connectivity index is 2.92. The molecule has 0 aliphatic rings. The van der Waals surface area contributed by atoms with Crippen LogP contribution in [0.1, 0.15) is 19.4 Å². The minimum Gasteiger partial charge on any atom is -0.473 e. The van der Waals surface area contributed by atoms with Gasteiger partial charge in [0.2, 0.25) is 5.90 Å². The molecule has 0 bridgehead atoms. The predicted molar refractivity (Wildman–Crippen MR) is 92.1 cm³/mol. The number of aliphatic imine (C=N–C) groups is 1. The van der Waals surface area contributed by atoms with Crippen molar-refractivity contribution in [2.45, 2.75) is 13.8 Å². The van der Waals surface area contributed by atoms with Crippen LogP contribution in [0.25, 0.3) is 5.70 Å². The largest absolute Gasteiger partial charge is 0.473 e. The molecule has 0 fully saturated rings. The number of carbonyl (C=O) groups excluding carboxylic acids is 1. The lowest BCUT2D eigenvalue weighted by Crippen LogP contribution is -2.46. The number of benzene rings is 1. The van der Waals surface area contributed by atoms with Crippen LogP contribution >= 0.6 is 0 Å². The van der Waals surface area contributed by atoms with E-state index in [9.17, 15) is 13.6 Å². The number of nitrogens with zero attached hydrogens (tertiary/aromatic N) is 1. The van der Waals surface area contributed by atoms with E-state index in [2.05, 4.69) is 4.99 Å². The van der Waals surface area contributed by atoms with Crippen LogP contribution < -0.4 is 11.1 Å². The van der Waals surface area contributed by atoms with Gasteiger partial charge in [-0.2, -0.15) is 0 Å². The first-order valence-corrected chi connectivity index (χ1v) is 7.21. The second-order valence-corrected chi connectivity index (χ2v) is 4.95. The summed E-state index contributed by atoms with van der Waals surface area (Å²) in [5.74, 6) is -3.00. The molecular formula is C17H19F2N4O2+. The Morgan fingerprint density at radius 1 is 1.36 bits per heavy atom. The second kappa shape index (κ2) is 9.21. The summed E-state index contributed by atoms with van der Waals surface area (Å²) in [6, 6.07) is 3.45. The summed E-state index contributed by atoms with van der Waals surface area (Å²) in [7, 11) is 0. The monoisotopic (exact) mass is 349 g/mol. The summed E-state index contributed by atoms with van der Waals surface area (Å²) in [5.41, 5.74) is 6.13. The fourth-order valence-electron chi connectivity index (χ4n) is 1.75. The van der Waals surface area contributed by atoms with Crippen LogP contribution in [-0.4, -0.2) is 30.3 Å². The quantitative estimate of drug-likeness (QED) is 0.504. The third kappa shape index (κ3) is 6.09. The van der Waals surface area contributed by atoms with Gasteiger partial charge < -0.3 is 10.5 Å². The number of hydrogen-bond donors (Lipinski definition) is 3. The van der Waals surface area contributed by atoms with Crippen molar-refractivity contribution in [3.8, 4) is 0 Å². The number of nitrogens with two attached hydrogens (primary N) is 2. The van der Waals surface area contributed by atoms with E-state index in [0.29, 0.717) is 16.8 Å². The topological polar surface area (TPSA) is 114 Å². The lowest BCUT2D eigenvalue weighted by atomic mass is 10.1. The highest BCUT2D eigenvalue weighted by Crippen LogP contribution is 2.22. The molecule has 25 heavy (non-hydrogen) atoms. The minimum absolute atomic E-state index is 0.0225. The molecule has 0 aliphatic heterocycles. The van der Waals surface area contributed by atoms with Crippen LogP contribution in [0.4, 0.5) is 8.78 Å². The predicted octanol–water partition coefficient (Wildman–Crippen LogP) is 1.02. The Morgan fingerprint density at radius 2 is 2.04 bits per heavy atom. The molecule has 0 aliphatic carbocycles. The van der Waals surface area contributed by atoms with Crippen molar-refractivity contribution in [2.24, 2.45) is 10.7 Å². The van der Waals surface area contributed by atoms with Gasteiger partial charge in [-0.3, -0.25) is 15.2 Å². The molecule has 0 saturated heterocycles. The van der Waals surface area contributed by atoms with Gasteiger partial charge in [0.25, 0.3) is 5.71 Å². The first-order chi connectivity index (χ1) is 11.8. The zero-order valence-electron chi connectivity index (χ0n) is 13.8. The van der Waals surface area contributed by atoms with Crippen molar-refractivity contribution in [3.63, 3.8) is 0 Å². The van der Waals surface area contributed by atoms with E-state index in [1.165, 1.54) is 18.4 Å². The summed E-state index contributed by atoms with van der Waals surface area (Å²) in [5, 5.41) is 12.9. The van der Waals surface area contributed by atoms with Crippen molar-refractivity contribution in [2.75, 3.05) is 6.61 Å². The summed E-state index contributed by atoms with van der Waals surface area (Å²) in [4.78, 5) is 14.9. The SMILES string of the molecule is CC=N/C(=C(\C)COC(=N)/C=C\C(=[NH2+])C(N)=O)c1ccc(F)c(F)c1. The van der Waals surface area contributed by atoms with E-state index in [-0.39, 0.29) is 18.2 Å². The second-order valence-electron chi connectivity index (χ2n) is 4.95. The number of hydrogen-bond acceptors (Lipinski definition) is 4. The average Bonchev–Trinajstić information content (AvgIpc) is 2.57. The van der Waals surface area contributed by atoms with Gasteiger partial charge in [0.05, 0.1) is 5.70 Å². The number of nitrogens with one attached hydrogen (secondary N) is 1. The van der Waals surface area contributed by atoms with E-state index in [0.717, 1.165) is 18.2 Å². The lowest BCUT2D eigenvalue weighted by molar-refractivity contribution is -0.133. The Hall–Kier alpha value is -3.16. The number of rotatable bonds is 7. The molecule has 0 heterocycles. The standard InChI is InChI=1S/C17H18F2N4O2/c1-3-23-16(11-4-5-12(18)13(19)8-11)10(2)9-25-15(21)7-6-14(20)17(22)24/h3-8,20-21H,9H2,1-2H3,(H2,22,24)/p+1/b7-6-,16-10+,20-14?,21-15?,23-3?. The zero-order valence-corrected chi connectivity index (χ0v) is 13.8. The molecule has 132 valence electrons. The van der Waals surface area contributed by atoms with E-state index in [1.807, 2.05) is 0 Å². The molecule has 1 amide bonds. The maximum absolute atomic E-state index is 13.4. The molecule has 1 rings (SSSR count). The maximum Gasteiger partial charge on any atom is 0.312 e. The van der Waals surface area contributed by atoms with Crippen molar-refractivity contribution in [3.05, 3.63) is 53.1 Å². The molecule has 0 atom stereocenters. The number of amides is 1. The minimum atomic E-state index is -0.983. The van der Waals surface area contributed by atoms with Crippen LogP contribution in [0, 0.1) is 17.0 Å². The van der Waals surface area contributed by atoms with E-state index in [4.69, 9.17) is 21.3 Å². The Morgan fingerprint density at radius 3 is 2.60 bits per heavy atom. The van der Waals surface area contributed by atoms with Gasteiger partial charge in [0, 0.05) is 23.9 Å². The van der Waals surface area contributed by atoms with Crippen molar-refractivity contribution >= 4 is 29.4 Å². The first-order valence-electron chi connectivity index (χ1n) is 7.21. The third-order valence-corrected chi connectivity index (χ3v) is 3.00. The molecule has 1 aromatic carbocycles. The third-order valence-electron chi connectivity index (χ3n) is 3.00. The summed E-state index contributed by atoms with van der Waals surface area (Å²) in [6.45, 7) is 3.34. The van der Waals surface area contributed by atoms with Crippen molar-refractivity contribution in [1.29, 1.82) is 5.41 Å². The Bertz CT molecular complexity index is 783. The molecule has 0 spiro atoms. The summed E-state index contributed by atoms with van der Waals surface area (Å²) < 4.78 is 31.7. The van der Waals surface area contributed by atoms with Crippen molar-refractivity contribution < 1.29 is 23.7 Å². The molecule has 8 heteroatoms. The molecule has 0 aromatic heterocycles. The van der Waals surface area contributed by atoms with Gasteiger partial charge in [-0.1, -0.05) is 0 Å². The normalized spacial score (nSPS) is 12.3. The first kappa shape index (κ1) is 19.9. The van der Waals surface area contributed by atoms with Gasteiger partial charge in [-0.15, -0.1) is 0 Å². The van der Waals surface area contributed by atoms with E-state index >= 15 is 0 Å². The highest BCUT2D eigenvalue weighted by atomic mass is 19.2. The number of primary amides is 1. The smallest absolute Gasteiger partial charge is 0.312 e. The van der Waals surface area contributed by atoms with Crippen LogP contribution in [0.5, 0.6) is 0 Å². The number of carbonyl (C=O) groups is 1. The molecule has 0 unspecified atom stereocenters. The Kier molecular flexibility index (Phi) is 7.33. The van der Waals surface area contributed by atoms with Gasteiger partial charge in [0.1, 0.15) is 6.61 Å². The fraction of sp³-hybridized carbons (Fsp3) is 0.176. The van der Waals surface area contributed by atoms with Crippen LogP contribution in [0.15, 0.2) is 40.9 Å². The molecule has 0 saturated carbocycles. The maximum atomic E-state index is 13.4. The molecular weight excluding hydrogens is 330 g/mol. The number of halogens is 2.